The fourth-order valence-electron chi connectivity index (χ4n) is 2.44. The van der Waals surface area contributed by atoms with E-state index in [4.69, 9.17) is 0 Å². The molecule has 0 bridgehead atoms. The first kappa shape index (κ1) is 17.7. The summed E-state index contributed by atoms with van der Waals surface area (Å²) >= 11 is 0. The minimum atomic E-state index is -0.316. The summed E-state index contributed by atoms with van der Waals surface area (Å²) in [5.41, 5.74) is 2.57. The quantitative estimate of drug-likeness (QED) is 0.886. The van der Waals surface area contributed by atoms with E-state index >= 15 is 0 Å². The van der Waals surface area contributed by atoms with Crippen molar-refractivity contribution in [3.63, 3.8) is 0 Å². The molecule has 0 saturated carbocycles. The number of rotatable bonds is 6. The molecule has 2 aromatic rings. The van der Waals surface area contributed by atoms with Gasteiger partial charge >= 0.3 is 0 Å². The summed E-state index contributed by atoms with van der Waals surface area (Å²) in [6.45, 7) is 3.69. The maximum Gasteiger partial charge on any atom is 0.240 e. The number of aryl methyl sites for hydroxylation is 1. The molecule has 0 aliphatic carbocycles. The van der Waals surface area contributed by atoms with Gasteiger partial charge < -0.3 is 10.2 Å². The third kappa shape index (κ3) is 4.65. The van der Waals surface area contributed by atoms with Crippen LogP contribution in [0.25, 0.3) is 0 Å². The van der Waals surface area contributed by atoms with Crippen molar-refractivity contribution in [2.75, 3.05) is 11.4 Å². The Morgan fingerprint density at radius 2 is 1.75 bits per heavy atom. The van der Waals surface area contributed by atoms with E-state index in [0.29, 0.717) is 6.54 Å². The smallest absolute Gasteiger partial charge is 0.240 e. The number of benzene rings is 2. The van der Waals surface area contributed by atoms with E-state index in [0.717, 1.165) is 23.2 Å². The number of carbonyl (C=O) groups excluding carboxylic acids is 2. The van der Waals surface area contributed by atoms with E-state index in [9.17, 15) is 14.0 Å². The first-order chi connectivity index (χ1) is 11.5. The highest BCUT2D eigenvalue weighted by atomic mass is 19.1. The second-order valence-electron chi connectivity index (χ2n) is 5.49. The highest BCUT2D eigenvalue weighted by Gasteiger charge is 2.17. The average molecular weight is 328 g/mol. The second-order valence-corrected chi connectivity index (χ2v) is 5.49. The molecule has 2 rings (SSSR count). The molecule has 0 aliphatic heterocycles. The molecule has 0 heterocycles. The summed E-state index contributed by atoms with van der Waals surface area (Å²) in [5.74, 6) is -0.766. The van der Waals surface area contributed by atoms with Crippen molar-refractivity contribution < 1.29 is 14.0 Å². The number of nitrogens with one attached hydrogen (secondary N) is 1. The topological polar surface area (TPSA) is 49.4 Å². The van der Waals surface area contributed by atoms with Crippen LogP contribution in [0.3, 0.4) is 0 Å². The number of amides is 2. The molecule has 0 unspecified atom stereocenters. The summed E-state index contributed by atoms with van der Waals surface area (Å²) in [6, 6.07) is 13.5. The maximum atomic E-state index is 12.9. The Labute approximate surface area is 141 Å². The number of carbonyl (C=O) groups is 2. The van der Waals surface area contributed by atoms with Crippen molar-refractivity contribution in [1.82, 2.24) is 5.32 Å². The van der Waals surface area contributed by atoms with Crippen LogP contribution in [-0.4, -0.2) is 18.4 Å². The van der Waals surface area contributed by atoms with E-state index < -0.39 is 0 Å². The molecule has 1 N–H and O–H groups in total. The first-order valence-corrected chi connectivity index (χ1v) is 7.88. The Balaban J connectivity index is 2.03. The summed E-state index contributed by atoms with van der Waals surface area (Å²) < 4.78 is 12.9. The van der Waals surface area contributed by atoms with E-state index in [1.54, 1.807) is 12.1 Å². The average Bonchev–Trinajstić information content (AvgIpc) is 2.59. The predicted molar refractivity (Wildman–Crippen MR) is 92.1 cm³/mol. The van der Waals surface area contributed by atoms with Crippen LogP contribution in [0.5, 0.6) is 0 Å². The normalized spacial score (nSPS) is 10.3. The monoisotopic (exact) mass is 328 g/mol. The van der Waals surface area contributed by atoms with Gasteiger partial charge in [-0.2, -0.15) is 0 Å². The van der Waals surface area contributed by atoms with Crippen molar-refractivity contribution >= 4 is 17.5 Å². The Kier molecular flexibility index (Phi) is 6.07. The summed E-state index contributed by atoms with van der Waals surface area (Å²) in [5, 5.41) is 2.76. The maximum absolute atomic E-state index is 12.9. The third-order valence-corrected chi connectivity index (χ3v) is 3.75. The van der Waals surface area contributed by atoms with Crippen LogP contribution in [0.4, 0.5) is 10.1 Å². The lowest BCUT2D eigenvalue weighted by molar-refractivity contribution is -0.123. The van der Waals surface area contributed by atoms with E-state index in [2.05, 4.69) is 5.32 Å². The standard InChI is InChI=1S/C19H21FN2O2/c1-3-16-6-4-5-7-18(16)22(14(2)23)13-19(24)21-12-15-8-10-17(20)11-9-15/h4-11H,3,12-13H2,1-2H3,(H,21,24). The van der Waals surface area contributed by atoms with Crippen molar-refractivity contribution in [3.05, 3.63) is 65.5 Å². The molecule has 2 aromatic carbocycles. The molecule has 0 aliphatic rings. The highest BCUT2D eigenvalue weighted by molar-refractivity contribution is 5.98. The van der Waals surface area contributed by atoms with Crippen molar-refractivity contribution in [2.45, 2.75) is 26.8 Å². The molecule has 0 fully saturated rings. The van der Waals surface area contributed by atoms with Gasteiger partial charge in [0.2, 0.25) is 11.8 Å². The first-order valence-electron chi connectivity index (χ1n) is 7.88. The van der Waals surface area contributed by atoms with Gasteiger partial charge in [-0.25, -0.2) is 4.39 Å². The van der Waals surface area contributed by atoms with Gasteiger partial charge in [0.15, 0.2) is 0 Å². The highest BCUT2D eigenvalue weighted by Crippen LogP contribution is 2.21. The fourth-order valence-corrected chi connectivity index (χ4v) is 2.44. The van der Waals surface area contributed by atoms with Gasteiger partial charge in [0.25, 0.3) is 0 Å². The second kappa shape index (κ2) is 8.24. The van der Waals surface area contributed by atoms with E-state index in [1.807, 2.05) is 31.2 Å². The predicted octanol–water partition coefficient (Wildman–Crippen LogP) is 3.06. The summed E-state index contributed by atoms with van der Waals surface area (Å²) in [4.78, 5) is 25.6. The molecule has 4 nitrogen and oxygen atoms in total. The van der Waals surface area contributed by atoms with Crippen LogP contribution in [0.1, 0.15) is 25.0 Å². The lowest BCUT2D eigenvalue weighted by Crippen LogP contribution is -2.40. The van der Waals surface area contributed by atoms with E-state index in [-0.39, 0.29) is 24.2 Å². The summed E-state index contributed by atoms with van der Waals surface area (Å²) in [7, 11) is 0. The van der Waals surface area contributed by atoms with Crippen LogP contribution in [-0.2, 0) is 22.6 Å². The van der Waals surface area contributed by atoms with Crippen LogP contribution >= 0.6 is 0 Å². The number of para-hydroxylation sites is 1. The lowest BCUT2D eigenvalue weighted by Gasteiger charge is -2.23. The largest absolute Gasteiger partial charge is 0.350 e. The lowest BCUT2D eigenvalue weighted by atomic mass is 10.1. The summed E-state index contributed by atoms with van der Waals surface area (Å²) in [6.07, 6.45) is 0.775. The minimum Gasteiger partial charge on any atom is -0.350 e. The number of halogens is 1. The zero-order valence-corrected chi connectivity index (χ0v) is 13.9. The fraction of sp³-hybridized carbons (Fsp3) is 0.263. The van der Waals surface area contributed by atoms with Crippen LogP contribution in [0, 0.1) is 5.82 Å². The number of hydrogen-bond donors (Lipinski definition) is 1. The number of hydrogen-bond acceptors (Lipinski definition) is 2. The molecular weight excluding hydrogens is 307 g/mol. The zero-order chi connectivity index (χ0) is 17.5. The molecule has 5 heteroatoms. The molecule has 24 heavy (non-hydrogen) atoms. The van der Waals surface area contributed by atoms with Gasteiger partial charge in [-0.1, -0.05) is 37.3 Å². The number of anilines is 1. The Morgan fingerprint density at radius 1 is 1.08 bits per heavy atom. The van der Waals surface area contributed by atoms with Crippen molar-refractivity contribution in [1.29, 1.82) is 0 Å². The Bertz CT molecular complexity index is 714. The molecule has 0 spiro atoms. The van der Waals surface area contributed by atoms with Crippen LogP contribution in [0.2, 0.25) is 0 Å². The van der Waals surface area contributed by atoms with Gasteiger partial charge in [-0.15, -0.1) is 0 Å². The van der Waals surface area contributed by atoms with Gasteiger partial charge in [-0.3, -0.25) is 9.59 Å². The minimum absolute atomic E-state index is 0.0481. The van der Waals surface area contributed by atoms with Crippen LogP contribution < -0.4 is 10.2 Å². The van der Waals surface area contributed by atoms with Gasteiger partial charge in [-0.05, 0) is 35.7 Å². The van der Waals surface area contributed by atoms with Crippen molar-refractivity contribution in [2.24, 2.45) is 0 Å². The van der Waals surface area contributed by atoms with Crippen LogP contribution in [0.15, 0.2) is 48.5 Å². The third-order valence-electron chi connectivity index (χ3n) is 3.75. The molecule has 0 aromatic heterocycles. The Morgan fingerprint density at radius 3 is 2.38 bits per heavy atom. The Hall–Kier alpha value is -2.69. The van der Waals surface area contributed by atoms with Crippen molar-refractivity contribution in [3.8, 4) is 0 Å². The zero-order valence-electron chi connectivity index (χ0n) is 13.9. The molecule has 2 amide bonds. The molecular formula is C19H21FN2O2. The number of nitrogens with zero attached hydrogens (tertiary/aromatic N) is 1. The molecule has 0 radical (unpaired) electrons. The van der Waals surface area contributed by atoms with Gasteiger partial charge in [0, 0.05) is 19.2 Å². The molecule has 0 saturated heterocycles. The molecule has 126 valence electrons. The SMILES string of the molecule is CCc1ccccc1N(CC(=O)NCc1ccc(F)cc1)C(C)=O. The van der Waals surface area contributed by atoms with Gasteiger partial charge in [0.05, 0.1) is 0 Å². The van der Waals surface area contributed by atoms with E-state index in [1.165, 1.54) is 24.0 Å². The molecule has 0 atom stereocenters. The van der Waals surface area contributed by atoms with Gasteiger partial charge in [0.1, 0.15) is 12.4 Å².